The summed E-state index contributed by atoms with van der Waals surface area (Å²) in [7, 11) is 0.217. The maximum Gasteiger partial charge on any atom is 0.203 e. The Morgan fingerprint density at radius 1 is 1.10 bits per heavy atom. The molecule has 0 bridgehead atoms. The summed E-state index contributed by atoms with van der Waals surface area (Å²) < 4.78 is 38.2. The molecule has 1 aromatic carbocycles. The highest BCUT2D eigenvalue weighted by atomic mass is 32.2. The Labute approximate surface area is 126 Å². The largest absolute Gasteiger partial charge is 0.493 e. The third-order valence-electron chi connectivity index (χ3n) is 2.78. The van der Waals surface area contributed by atoms with Gasteiger partial charge in [0, 0.05) is 19.3 Å². The van der Waals surface area contributed by atoms with Crippen molar-refractivity contribution in [1.82, 2.24) is 5.32 Å². The molecule has 21 heavy (non-hydrogen) atoms. The minimum Gasteiger partial charge on any atom is -0.493 e. The summed E-state index contributed by atoms with van der Waals surface area (Å²) in [4.78, 5) is 0. The Bertz CT molecular complexity index is 531. The Morgan fingerprint density at radius 3 is 2.14 bits per heavy atom. The molecular formula is C14H23NO5S. The quantitative estimate of drug-likeness (QED) is 0.686. The van der Waals surface area contributed by atoms with E-state index < -0.39 is 9.84 Å². The first kappa shape index (κ1) is 17.6. The van der Waals surface area contributed by atoms with E-state index in [1.165, 1.54) is 6.26 Å². The lowest BCUT2D eigenvalue weighted by Gasteiger charge is -2.15. The molecule has 0 radical (unpaired) electrons. The van der Waals surface area contributed by atoms with Gasteiger partial charge in [-0.25, -0.2) is 8.42 Å². The van der Waals surface area contributed by atoms with Crippen LogP contribution in [0.2, 0.25) is 0 Å². The molecule has 0 heterocycles. The second-order valence-electron chi connectivity index (χ2n) is 4.73. The summed E-state index contributed by atoms with van der Waals surface area (Å²) in [5, 5.41) is 3.01. The average molecular weight is 317 g/mol. The van der Waals surface area contributed by atoms with E-state index in [2.05, 4.69) is 5.32 Å². The van der Waals surface area contributed by atoms with Crippen molar-refractivity contribution < 1.29 is 22.6 Å². The van der Waals surface area contributed by atoms with Crippen molar-refractivity contribution in [2.45, 2.75) is 6.92 Å². The SMILES string of the molecule is COc1cc(C)cc(OC)c1OCCNCCS(C)(=O)=O. The zero-order chi connectivity index (χ0) is 15.9. The average Bonchev–Trinajstić information content (AvgIpc) is 2.41. The highest BCUT2D eigenvalue weighted by Gasteiger charge is 2.12. The monoisotopic (exact) mass is 317 g/mol. The normalized spacial score (nSPS) is 11.2. The molecule has 6 nitrogen and oxygen atoms in total. The number of aryl methyl sites for hydroxylation is 1. The molecular weight excluding hydrogens is 294 g/mol. The Hall–Kier alpha value is -1.47. The molecule has 120 valence electrons. The van der Waals surface area contributed by atoms with Gasteiger partial charge >= 0.3 is 0 Å². The molecule has 0 aromatic heterocycles. The van der Waals surface area contributed by atoms with Gasteiger partial charge in [0.1, 0.15) is 16.4 Å². The lowest BCUT2D eigenvalue weighted by molar-refractivity contribution is 0.274. The molecule has 1 N–H and O–H groups in total. The first-order chi connectivity index (χ1) is 9.87. The molecule has 0 fully saturated rings. The molecule has 0 saturated heterocycles. The highest BCUT2D eigenvalue weighted by molar-refractivity contribution is 7.90. The minimum atomic E-state index is -2.93. The zero-order valence-corrected chi connectivity index (χ0v) is 13.7. The summed E-state index contributed by atoms with van der Waals surface area (Å²) in [6.45, 7) is 3.28. The molecule has 0 aliphatic heterocycles. The van der Waals surface area contributed by atoms with Crippen LogP contribution in [0.5, 0.6) is 17.2 Å². The minimum absolute atomic E-state index is 0.115. The van der Waals surface area contributed by atoms with Crippen molar-refractivity contribution in [3.8, 4) is 17.2 Å². The van der Waals surface area contributed by atoms with Crippen LogP contribution in [-0.2, 0) is 9.84 Å². The van der Waals surface area contributed by atoms with Crippen molar-refractivity contribution in [3.63, 3.8) is 0 Å². The van der Waals surface area contributed by atoms with Crippen molar-refractivity contribution in [2.24, 2.45) is 0 Å². The molecule has 0 aliphatic carbocycles. The van der Waals surface area contributed by atoms with Gasteiger partial charge in [-0.2, -0.15) is 0 Å². The molecule has 0 atom stereocenters. The maximum absolute atomic E-state index is 11.0. The number of nitrogens with one attached hydrogen (secondary N) is 1. The van der Waals surface area contributed by atoms with E-state index in [1.807, 2.05) is 19.1 Å². The van der Waals surface area contributed by atoms with Gasteiger partial charge in [-0.15, -0.1) is 0 Å². The molecule has 7 heteroatoms. The van der Waals surface area contributed by atoms with Crippen LogP contribution < -0.4 is 19.5 Å². The van der Waals surface area contributed by atoms with Gasteiger partial charge in [0.2, 0.25) is 5.75 Å². The molecule has 0 amide bonds. The second-order valence-corrected chi connectivity index (χ2v) is 6.99. The number of hydrogen-bond acceptors (Lipinski definition) is 6. The lowest BCUT2D eigenvalue weighted by atomic mass is 10.2. The molecule has 0 saturated carbocycles. The predicted molar refractivity (Wildman–Crippen MR) is 82.4 cm³/mol. The van der Waals surface area contributed by atoms with Gasteiger partial charge in [-0.1, -0.05) is 0 Å². The maximum atomic E-state index is 11.0. The Kier molecular flexibility index (Phi) is 6.77. The lowest BCUT2D eigenvalue weighted by Crippen LogP contribution is -2.26. The molecule has 1 rings (SSSR count). The molecule has 0 aliphatic rings. The first-order valence-electron chi connectivity index (χ1n) is 6.61. The number of rotatable bonds is 9. The summed E-state index contributed by atoms with van der Waals surface area (Å²) in [5.74, 6) is 1.89. The van der Waals surface area contributed by atoms with E-state index in [-0.39, 0.29) is 5.75 Å². The van der Waals surface area contributed by atoms with Gasteiger partial charge in [-0.3, -0.25) is 0 Å². The third kappa shape index (κ3) is 6.22. The van der Waals surface area contributed by atoms with Crippen molar-refractivity contribution in [1.29, 1.82) is 0 Å². The second kappa shape index (κ2) is 8.09. The van der Waals surface area contributed by atoms with E-state index in [4.69, 9.17) is 14.2 Å². The van der Waals surface area contributed by atoms with Crippen LogP contribution in [0, 0.1) is 6.92 Å². The van der Waals surface area contributed by atoms with Crippen LogP contribution in [0.4, 0.5) is 0 Å². The third-order valence-corrected chi connectivity index (χ3v) is 3.73. The van der Waals surface area contributed by atoms with E-state index in [0.717, 1.165) is 5.56 Å². The number of sulfone groups is 1. The number of ether oxygens (including phenoxy) is 3. The molecule has 0 unspecified atom stereocenters. The first-order valence-corrected chi connectivity index (χ1v) is 8.67. The van der Waals surface area contributed by atoms with E-state index >= 15 is 0 Å². The Morgan fingerprint density at radius 2 is 1.67 bits per heavy atom. The van der Waals surface area contributed by atoms with E-state index in [9.17, 15) is 8.42 Å². The van der Waals surface area contributed by atoms with Crippen molar-refractivity contribution in [2.75, 3.05) is 45.9 Å². The summed E-state index contributed by atoms with van der Waals surface area (Å²) >= 11 is 0. The van der Waals surface area contributed by atoms with Crippen LogP contribution in [0.15, 0.2) is 12.1 Å². The van der Waals surface area contributed by atoms with Crippen LogP contribution in [0.3, 0.4) is 0 Å². The highest BCUT2D eigenvalue weighted by Crippen LogP contribution is 2.38. The van der Waals surface area contributed by atoms with Crippen LogP contribution in [0.25, 0.3) is 0 Å². The van der Waals surface area contributed by atoms with Gasteiger partial charge < -0.3 is 19.5 Å². The predicted octanol–water partition coefficient (Wildman–Crippen LogP) is 1.03. The van der Waals surface area contributed by atoms with Crippen LogP contribution in [-0.4, -0.2) is 54.3 Å². The smallest absolute Gasteiger partial charge is 0.203 e. The number of hydrogen-bond donors (Lipinski definition) is 1. The standard InChI is InChI=1S/C14H23NO5S/c1-11-9-12(18-2)14(13(10-11)19-3)20-7-5-15-6-8-21(4,16)17/h9-10,15H,5-8H2,1-4H3. The van der Waals surface area contributed by atoms with Gasteiger partial charge in [0.15, 0.2) is 11.5 Å². The summed E-state index contributed by atoms with van der Waals surface area (Å²) in [5.41, 5.74) is 1.02. The number of benzene rings is 1. The molecule has 0 spiro atoms. The van der Waals surface area contributed by atoms with Gasteiger partial charge in [0.25, 0.3) is 0 Å². The van der Waals surface area contributed by atoms with Crippen molar-refractivity contribution >= 4 is 9.84 Å². The fraction of sp³-hybridized carbons (Fsp3) is 0.571. The fourth-order valence-electron chi connectivity index (χ4n) is 1.76. The topological polar surface area (TPSA) is 73.9 Å². The van der Waals surface area contributed by atoms with Crippen molar-refractivity contribution in [3.05, 3.63) is 17.7 Å². The number of methoxy groups -OCH3 is 2. The van der Waals surface area contributed by atoms with E-state index in [1.54, 1.807) is 14.2 Å². The summed E-state index contributed by atoms with van der Waals surface area (Å²) in [6.07, 6.45) is 1.22. The van der Waals surface area contributed by atoms with Gasteiger partial charge in [0.05, 0.1) is 20.0 Å². The fourth-order valence-corrected chi connectivity index (χ4v) is 2.28. The van der Waals surface area contributed by atoms with Crippen LogP contribution in [0.1, 0.15) is 5.56 Å². The van der Waals surface area contributed by atoms with Gasteiger partial charge in [-0.05, 0) is 24.6 Å². The summed E-state index contributed by atoms with van der Waals surface area (Å²) in [6, 6.07) is 3.74. The molecule has 1 aromatic rings. The van der Waals surface area contributed by atoms with Crippen LogP contribution >= 0.6 is 0 Å². The van der Waals surface area contributed by atoms with E-state index in [0.29, 0.717) is 36.9 Å². The zero-order valence-electron chi connectivity index (χ0n) is 12.9. The Balaban J connectivity index is 2.51.